The Kier molecular flexibility index (Phi) is 8.47. The highest BCUT2D eigenvalue weighted by atomic mass is 32.2. The van der Waals surface area contributed by atoms with Gasteiger partial charge in [-0.05, 0) is 54.1 Å². The molecule has 0 aliphatic carbocycles. The van der Waals surface area contributed by atoms with Gasteiger partial charge in [0, 0.05) is 32.1 Å². The molecule has 234 valence electrons. The summed E-state index contributed by atoms with van der Waals surface area (Å²) < 4.78 is 80.6. The lowest BCUT2D eigenvalue weighted by atomic mass is 10.1. The largest absolute Gasteiger partial charge is 0.416 e. The quantitative estimate of drug-likeness (QED) is 0.194. The number of hydrogen-bond acceptors (Lipinski definition) is 8. The number of halogens is 4. The Labute approximate surface area is 255 Å². The fourth-order valence-electron chi connectivity index (χ4n) is 4.73. The van der Waals surface area contributed by atoms with Gasteiger partial charge in [0.25, 0.3) is 0 Å². The Balaban J connectivity index is 1.50. The number of carbonyl (C=O) groups excluding carboxylic acids is 1. The first kappa shape index (κ1) is 31.4. The Morgan fingerprint density at radius 2 is 1.76 bits per heavy atom. The summed E-state index contributed by atoms with van der Waals surface area (Å²) in [5.41, 5.74) is 0.407. The van der Waals surface area contributed by atoms with Crippen LogP contribution in [0.1, 0.15) is 18.1 Å². The summed E-state index contributed by atoms with van der Waals surface area (Å²) in [6.45, 7) is 1.11. The van der Waals surface area contributed by atoms with Crippen molar-refractivity contribution in [2.75, 3.05) is 28.4 Å². The van der Waals surface area contributed by atoms with Crippen molar-refractivity contribution in [3.05, 3.63) is 95.9 Å². The van der Waals surface area contributed by atoms with Gasteiger partial charge in [-0.25, -0.2) is 27.7 Å². The van der Waals surface area contributed by atoms with E-state index in [1.165, 1.54) is 6.20 Å². The van der Waals surface area contributed by atoms with Crippen LogP contribution in [0, 0.1) is 5.82 Å². The van der Waals surface area contributed by atoms with Gasteiger partial charge in [0.05, 0.1) is 34.7 Å². The zero-order chi connectivity index (χ0) is 32.5. The smallest absolute Gasteiger partial charge is 0.341 e. The minimum Gasteiger partial charge on any atom is -0.341 e. The number of amides is 1. The van der Waals surface area contributed by atoms with E-state index in [1.807, 2.05) is 0 Å². The molecular formula is C30H27F4N7O3S. The highest BCUT2D eigenvalue weighted by molar-refractivity contribution is 7.89. The number of imidazole rings is 1. The number of anilines is 5. The molecule has 0 unspecified atom stereocenters. The predicted molar refractivity (Wildman–Crippen MR) is 163 cm³/mol. The minimum absolute atomic E-state index is 0.000501. The molecule has 0 saturated heterocycles. The van der Waals surface area contributed by atoms with Crippen molar-refractivity contribution in [1.82, 2.24) is 19.5 Å². The number of benzene rings is 3. The van der Waals surface area contributed by atoms with Crippen molar-refractivity contribution in [1.29, 1.82) is 0 Å². The molecule has 0 aliphatic rings. The van der Waals surface area contributed by atoms with Crippen LogP contribution in [0.25, 0.3) is 11.0 Å². The van der Waals surface area contributed by atoms with Gasteiger partial charge < -0.3 is 10.2 Å². The Bertz CT molecular complexity index is 2000. The number of carbonyl (C=O) groups is 1. The van der Waals surface area contributed by atoms with Crippen molar-refractivity contribution in [2.24, 2.45) is 0 Å². The average molecular weight is 642 g/mol. The third-order valence-corrected chi connectivity index (χ3v) is 7.52. The van der Waals surface area contributed by atoms with Gasteiger partial charge >= 0.3 is 6.18 Å². The fraction of sp³-hybridized carbons (Fsp3) is 0.200. The zero-order valence-electron chi connectivity index (χ0n) is 24.2. The monoisotopic (exact) mass is 641 g/mol. The number of aromatic nitrogens is 4. The number of nitrogens with one attached hydrogen (secondary N) is 1. The second-order valence-corrected chi connectivity index (χ2v) is 12.5. The van der Waals surface area contributed by atoms with E-state index >= 15 is 4.39 Å². The normalized spacial score (nSPS) is 11.9. The first-order chi connectivity index (χ1) is 21.2. The van der Waals surface area contributed by atoms with Gasteiger partial charge in [0.1, 0.15) is 11.6 Å². The molecule has 3 aromatic carbocycles. The van der Waals surface area contributed by atoms with Crippen LogP contribution in [0.4, 0.5) is 46.7 Å². The second-order valence-electron chi connectivity index (χ2n) is 10.3. The molecule has 0 fully saturated rings. The number of rotatable bonds is 9. The molecule has 0 radical (unpaired) electrons. The maximum absolute atomic E-state index is 15.0. The maximum atomic E-state index is 15.0. The fourth-order valence-corrected chi connectivity index (χ4v) is 5.51. The first-order valence-electron chi connectivity index (χ1n) is 13.4. The number of hydrogen-bond donors (Lipinski definition) is 1. The van der Waals surface area contributed by atoms with Crippen molar-refractivity contribution >= 4 is 55.9 Å². The van der Waals surface area contributed by atoms with Crippen LogP contribution >= 0.6 is 0 Å². The highest BCUT2D eigenvalue weighted by Crippen LogP contribution is 2.36. The standard InChI is InChI=1S/C30H27F4N7O3S/c1-19(42)41(26-16-21(30(32,33)34)11-12-23(26)31)29-37-24-9-4-5-10-25(24)40(29)18-39(2)27-13-14-35-28(38-27)36-22-8-6-7-20(15-22)17-45(3,43)44/h4-16H,17-18H2,1-3H3,(H,35,36,38). The number of fused-ring (bicyclic) bond motifs is 1. The number of alkyl halides is 3. The van der Waals surface area contributed by atoms with Gasteiger partial charge in [-0.3, -0.25) is 9.36 Å². The molecule has 45 heavy (non-hydrogen) atoms. The lowest BCUT2D eigenvalue weighted by Crippen LogP contribution is -2.30. The molecule has 0 atom stereocenters. The molecule has 0 saturated carbocycles. The molecule has 2 aromatic heterocycles. The van der Waals surface area contributed by atoms with E-state index in [4.69, 9.17) is 0 Å². The molecule has 0 spiro atoms. The van der Waals surface area contributed by atoms with Crippen LogP contribution in [0.2, 0.25) is 0 Å². The second kappa shape index (κ2) is 12.1. The van der Waals surface area contributed by atoms with Crippen LogP contribution in [-0.4, -0.2) is 47.1 Å². The maximum Gasteiger partial charge on any atom is 0.416 e. The van der Waals surface area contributed by atoms with Crippen LogP contribution in [0.15, 0.2) is 79.0 Å². The Morgan fingerprint density at radius 1 is 1.00 bits per heavy atom. The summed E-state index contributed by atoms with van der Waals surface area (Å²) in [6, 6.07) is 17.1. The Morgan fingerprint density at radius 3 is 2.47 bits per heavy atom. The lowest BCUT2D eigenvalue weighted by molar-refractivity contribution is -0.137. The summed E-state index contributed by atoms with van der Waals surface area (Å²) >= 11 is 0. The number of nitrogens with zero attached hydrogens (tertiary/aromatic N) is 6. The summed E-state index contributed by atoms with van der Waals surface area (Å²) in [5, 5.41) is 3.05. The van der Waals surface area contributed by atoms with Gasteiger partial charge in [-0.1, -0.05) is 24.3 Å². The third-order valence-electron chi connectivity index (χ3n) is 6.66. The van der Waals surface area contributed by atoms with Crippen LogP contribution in [0.3, 0.4) is 0 Å². The van der Waals surface area contributed by atoms with Crippen molar-refractivity contribution in [3.63, 3.8) is 0 Å². The first-order valence-corrected chi connectivity index (χ1v) is 15.5. The number of sulfone groups is 1. The summed E-state index contributed by atoms with van der Waals surface area (Å²) in [5.74, 6) is -1.37. The van der Waals surface area contributed by atoms with E-state index in [-0.39, 0.29) is 24.3 Å². The van der Waals surface area contributed by atoms with Gasteiger partial charge in [0.15, 0.2) is 9.84 Å². The molecule has 10 nitrogen and oxygen atoms in total. The van der Waals surface area contributed by atoms with Gasteiger partial charge in [-0.15, -0.1) is 0 Å². The SMILES string of the molecule is CC(=O)N(c1cc(C(F)(F)F)ccc1F)c1nc2ccccc2n1CN(C)c1ccnc(Nc2cccc(CS(C)(=O)=O)c2)n1. The molecule has 1 N–H and O–H groups in total. The molecule has 15 heteroatoms. The molecule has 5 rings (SSSR count). The molecule has 0 aliphatic heterocycles. The van der Waals surface area contributed by atoms with Crippen molar-refractivity contribution in [3.8, 4) is 0 Å². The van der Waals surface area contributed by atoms with Gasteiger partial charge in [0.2, 0.25) is 17.8 Å². The minimum atomic E-state index is -4.76. The van der Waals surface area contributed by atoms with E-state index in [0.717, 1.165) is 18.1 Å². The molecule has 5 aromatic rings. The van der Waals surface area contributed by atoms with Gasteiger partial charge in [-0.2, -0.15) is 18.2 Å². The predicted octanol–water partition coefficient (Wildman–Crippen LogP) is 6.05. The van der Waals surface area contributed by atoms with Crippen LogP contribution < -0.4 is 15.1 Å². The zero-order valence-corrected chi connectivity index (χ0v) is 25.1. The summed E-state index contributed by atoms with van der Waals surface area (Å²) in [6.07, 6.45) is -2.11. The van der Waals surface area contributed by atoms with Crippen molar-refractivity contribution < 1.29 is 30.8 Å². The lowest BCUT2D eigenvalue weighted by Gasteiger charge is -2.26. The summed E-state index contributed by atoms with van der Waals surface area (Å²) in [4.78, 5) is 28.7. The van der Waals surface area contributed by atoms with E-state index in [9.17, 15) is 26.4 Å². The van der Waals surface area contributed by atoms with E-state index < -0.39 is 39.0 Å². The molecule has 1 amide bonds. The van der Waals surface area contributed by atoms with E-state index in [0.29, 0.717) is 46.3 Å². The number of para-hydroxylation sites is 2. The Hall–Kier alpha value is -5.05. The highest BCUT2D eigenvalue weighted by Gasteiger charge is 2.33. The van der Waals surface area contributed by atoms with E-state index in [1.54, 1.807) is 71.1 Å². The average Bonchev–Trinajstić information content (AvgIpc) is 3.30. The van der Waals surface area contributed by atoms with Crippen LogP contribution in [0.5, 0.6) is 0 Å². The third kappa shape index (κ3) is 7.20. The van der Waals surface area contributed by atoms with E-state index in [2.05, 4.69) is 20.3 Å². The molecule has 0 bridgehead atoms. The molecular weight excluding hydrogens is 614 g/mol. The van der Waals surface area contributed by atoms with Crippen molar-refractivity contribution in [2.45, 2.75) is 25.5 Å². The topological polar surface area (TPSA) is 113 Å². The van der Waals surface area contributed by atoms with Crippen LogP contribution in [-0.2, 0) is 33.2 Å². The molecule has 2 heterocycles. The summed E-state index contributed by atoms with van der Waals surface area (Å²) in [7, 11) is -1.54.